The van der Waals surface area contributed by atoms with E-state index >= 15 is 0 Å². The molecule has 0 saturated carbocycles. The van der Waals surface area contributed by atoms with Crippen LogP contribution < -0.4 is 5.32 Å². The van der Waals surface area contributed by atoms with E-state index in [1.165, 1.54) is 11.3 Å². The number of nitrogens with zero attached hydrogens (tertiary/aromatic N) is 1. The Kier molecular flexibility index (Phi) is 5.78. The molecular weight excluding hydrogens is 395 g/mol. The van der Waals surface area contributed by atoms with Crippen molar-refractivity contribution < 1.29 is 27.5 Å². The molecule has 0 aliphatic heterocycles. The predicted molar refractivity (Wildman–Crippen MR) is 97.7 cm³/mol. The third kappa shape index (κ3) is 4.21. The molecule has 0 spiro atoms. The third-order valence-corrected chi connectivity index (χ3v) is 5.81. The number of thiophene rings is 1. The van der Waals surface area contributed by atoms with Gasteiger partial charge in [0.15, 0.2) is 5.69 Å². The quantitative estimate of drug-likeness (QED) is 0.701. The lowest BCUT2D eigenvalue weighted by Crippen LogP contribution is -2.19. The number of aromatic amines is 1. The van der Waals surface area contributed by atoms with Crippen molar-refractivity contribution in [3.63, 3.8) is 0 Å². The molecule has 3 rings (SSSR count). The van der Waals surface area contributed by atoms with Gasteiger partial charge in [-0.3, -0.25) is 9.89 Å². The van der Waals surface area contributed by atoms with Crippen molar-refractivity contribution in [2.45, 2.75) is 58.2 Å². The standard InChI is InChI=1S/C18H20F3N3O3S/c1-3-9(2)27-17(26)14-10-6-4-5-7-12(10)28-16(14)22-15(25)11-8-13(24-23-11)18(19,20)21/h8-9H,3-7H2,1-2H3,(H,22,25)(H,23,24). The zero-order valence-corrected chi connectivity index (χ0v) is 16.2. The highest BCUT2D eigenvalue weighted by molar-refractivity contribution is 7.17. The van der Waals surface area contributed by atoms with Gasteiger partial charge in [-0.2, -0.15) is 18.3 Å². The van der Waals surface area contributed by atoms with Crippen molar-refractivity contribution in [3.05, 3.63) is 33.5 Å². The van der Waals surface area contributed by atoms with Crippen LogP contribution in [-0.4, -0.2) is 28.2 Å². The highest BCUT2D eigenvalue weighted by Crippen LogP contribution is 2.39. The molecule has 2 N–H and O–H groups in total. The fourth-order valence-corrected chi connectivity index (χ4v) is 4.22. The summed E-state index contributed by atoms with van der Waals surface area (Å²) in [5, 5.41) is 8.08. The summed E-state index contributed by atoms with van der Waals surface area (Å²) in [5.74, 6) is -1.34. The summed E-state index contributed by atoms with van der Waals surface area (Å²) < 4.78 is 43.6. The van der Waals surface area contributed by atoms with Gasteiger partial charge >= 0.3 is 12.1 Å². The zero-order chi connectivity index (χ0) is 20.5. The fraction of sp³-hybridized carbons (Fsp3) is 0.500. The molecule has 6 nitrogen and oxygen atoms in total. The maximum atomic E-state index is 12.7. The molecule has 2 aromatic rings. The van der Waals surface area contributed by atoms with Crippen molar-refractivity contribution in [2.75, 3.05) is 5.32 Å². The molecule has 1 atom stereocenters. The molecule has 1 aliphatic rings. The number of hydrogen-bond acceptors (Lipinski definition) is 5. The Hall–Kier alpha value is -2.36. The minimum absolute atomic E-state index is 0.282. The van der Waals surface area contributed by atoms with E-state index in [1.807, 2.05) is 12.0 Å². The summed E-state index contributed by atoms with van der Waals surface area (Å²) in [6.07, 6.45) is -0.861. The Balaban J connectivity index is 1.88. The van der Waals surface area contributed by atoms with Crippen LogP contribution in [0.3, 0.4) is 0 Å². The summed E-state index contributed by atoms with van der Waals surface area (Å²) in [6, 6.07) is 0.639. The summed E-state index contributed by atoms with van der Waals surface area (Å²) in [7, 11) is 0. The maximum Gasteiger partial charge on any atom is 0.432 e. The van der Waals surface area contributed by atoms with Crippen LogP contribution in [0.4, 0.5) is 18.2 Å². The topological polar surface area (TPSA) is 84.1 Å². The van der Waals surface area contributed by atoms with Crippen molar-refractivity contribution >= 4 is 28.2 Å². The molecule has 28 heavy (non-hydrogen) atoms. The van der Waals surface area contributed by atoms with E-state index in [2.05, 4.69) is 10.4 Å². The van der Waals surface area contributed by atoms with Gasteiger partial charge in [0.25, 0.3) is 5.91 Å². The van der Waals surface area contributed by atoms with Gasteiger partial charge in [0.05, 0.1) is 11.7 Å². The molecule has 0 bridgehead atoms. The molecule has 0 aromatic carbocycles. The number of esters is 1. The average Bonchev–Trinajstić information content (AvgIpc) is 3.26. The molecule has 0 radical (unpaired) electrons. The van der Waals surface area contributed by atoms with Crippen LogP contribution >= 0.6 is 11.3 Å². The van der Waals surface area contributed by atoms with Gasteiger partial charge in [-0.05, 0) is 44.6 Å². The minimum Gasteiger partial charge on any atom is -0.459 e. The predicted octanol–water partition coefficient (Wildman–Crippen LogP) is 4.58. The lowest BCUT2D eigenvalue weighted by molar-refractivity contribution is -0.141. The van der Waals surface area contributed by atoms with Crippen LogP contribution in [0.25, 0.3) is 0 Å². The molecule has 10 heteroatoms. The molecule has 1 aliphatic carbocycles. The monoisotopic (exact) mass is 415 g/mol. The van der Waals surface area contributed by atoms with Gasteiger partial charge in [0, 0.05) is 10.9 Å². The van der Waals surface area contributed by atoms with Crippen LogP contribution in [0.15, 0.2) is 6.07 Å². The largest absolute Gasteiger partial charge is 0.459 e. The number of carbonyl (C=O) groups is 2. The van der Waals surface area contributed by atoms with E-state index < -0.39 is 29.4 Å². The molecule has 0 fully saturated rings. The van der Waals surface area contributed by atoms with Gasteiger partial charge in [-0.1, -0.05) is 6.92 Å². The van der Waals surface area contributed by atoms with Crippen LogP contribution in [0.2, 0.25) is 0 Å². The first-order valence-electron chi connectivity index (χ1n) is 9.00. The molecule has 152 valence electrons. The number of alkyl halides is 3. The molecule has 0 saturated heterocycles. The van der Waals surface area contributed by atoms with Gasteiger partial charge in [0.2, 0.25) is 0 Å². The molecular formula is C18H20F3N3O3S. The Morgan fingerprint density at radius 1 is 1.36 bits per heavy atom. The summed E-state index contributed by atoms with van der Waals surface area (Å²) in [4.78, 5) is 26.1. The second-order valence-electron chi connectivity index (χ2n) is 6.66. The SMILES string of the molecule is CCC(C)OC(=O)c1c(NC(=O)c2cc(C(F)(F)F)[nH]n2)sc2c1CCCC2. The maximum absolute atomic E-state index is 12.7. The first-order chi connectivity index (χ1) is 13.2. The average molecular weight is 415 g/mol. The number of H-pyrrole nitrogens is 1. The number of aromatic nitrogens is 2. The van der Waals surface area contributed by atoms with Crippen molar-refractivity contribution in [1.29, 1.82) is 0 Å². The molecule has 1 amide bonds. The van der Waals surface area contributed by atoms with E-state index in [4.69, 9.17) is 4.74 Å². The van der Waals surface area contributed by atoms with Gasteiger partial charge in [-0.15, -0.1) is 11.3 Å². The van der Waals surface area contributed by atoms with E-state index in [1.54, 1.807) is 6.92 Å². The van der Waals surface area contributed by atoms with E-state index in [0.717, 1.165) is 29.7 Å². The number of rotatable bonds is 5. The van der Waals surface area contributed by atoms with Crippen LogP contribution in [-0.2, 0) is 23.8 Å². The second kappa shape index (κ2) is 7.94. The lowest BCUT2D eigenvalue weighted by Gasteiger charge is -2.15. The Bertz CT molecular complexity index is 889. The number of fused-ring (bicyclic) bond motifs is 1. The Labute approximate surface area is 163 Å². The Morgan fingerprint density at radius 2 is 2.07 bits per heavy atom. The van der Waals surface area contributed by atoms with Gasteiger partial charge < -0.3 is 10.1 Å². The number of anilines is 1. The molecule has 1 unspecified atom stereocenters. The van der Waals surface area contributed by atoms with Crippen LogP contribution in [0.1, 0.15) is 70.1 Å². The number of amides is 1. The van der Waals surface area contributed by atoms with Crippen LogP contribution in [0, 0.1) is 0 Å². The summed E-state index contributed by atoms with van der Waals surface area (Å²) in [6.45, 7) is 3.66. The summed E-state index contributed by atoms with van der Waals surface area (Å²) >= 11 is 1.27. The van der Waals surface area contributed by atoms with Gasteiger partial charge in [0.1, 0.15) is 10.7 Å². The Morgan fingerprint density at radius 3 is 2.71 bits per heavy atom. The van der Waals surface area contributed by atoms with Crippen LogP contribution in [0.5, 0.6) is 0 Å². The normalized spacial score (nSPS) is 15.0. The fourth-order valence-electron chi connectivity index (χ4n) is 2.95. The van der Waals surface area contributed by atoms with Crippen molar-refractivity contribution in [2.24, 2.45) is 0 Å². The number of nitrogens with one attached hydrogen (secondary N) is 2. The molecule has 2 heterocycles. The first kappa shape index (κ1) is 20.4. The number of hydrogen-bond donors (Lipinski definition) is 2. The number of carbonyl (C=O) groups excluding carboxylic acids is 2. The number of halogens is 3. The highest BCUT2D eigenvalue weighted by atomic mass is 32.1. The number of ether oxygens (including phenoxy) is 1. The van der Waals surface area contributed by atoms with E-state index in [-0.39, 0.29) is 6.10 Å². The number of aryl methyl sites for hydroxylation is 1. The van der Waals surface area contributed by atoms with Crippen molar-refractivity contribution in [3.8, 4) is 0 Å². The lowest BCUT2D eigenvalue weighted by atomic mass is 9.95. The van der Waals surface area contributed by atoms with E-state index in [0.29, 0.717) is 29.5 Å². The smallest absolute Gasteiger partial charge is 0.432 e. The van der Waals surface area contributed by atoms with Crippen molar-refractivity contribution in [1.82, 2.24) is 10.2 Å². The second-order valence-corrected chi connectivity index (χ2v) is 7.76. The van der Waals surface area contributed by atoms with Gasteiger partial charge in [-0.25, -0.2) is 4.79 Å². The third-order valence-electron chi connectivity index (χ3n) is 4.60. The minimum atomic E-state index is -4.63. The highest BCUT2D eigenvalue weighted by Gasteiger charge is 2.34. The zero-order valence-electron chi connectivity index (χ0n) is 15.4. The molecule has 2 aromatic heterocycles. The first-order valence-corrected chi connectivity index (χ1v) is 9.81. The van der Waals surface area contributed by atoms with E-state index in [9.17, 15) is 22.8 Å². The summed E-state index contributed by atoms with van der Waals surface area (Å²) in [5.41, 5.74) is -0.350.